The average molecular weight is 331 g/mol. The summed E-state index contributed by atoms with van der Waals surface area (Å²) in [6, 6.07) is 6.79. The molecular weight excluding hydrogens is 304 g/mol. The standard InChI is InChI=1S/C16H27ClN2OS/c1-13(7-10-21-4)19(2)16-6-5-14(11-15(16)17)12-18-8-9-20-3/h5-6,11,13,18H,7-10,12H2,1-4H3. The van der Waals surface area contributed by atoms with Crippen molar-refractivity contribution in [3.8, 4) is 0 Å². The zero-order chi connectivity index (χ0) is 15.7. The van der Waals surface area contributed by atoms with Gasteiger partial charge in [-0.2, -0.15) is 11.8 Å². The highest BCUT2D eigenvalue weighted by molar-refractivity contribution is 7.98. The fourth-order valence-corrected chi connectivity index (χ4v) is 2.99. The van der Waals surface area contributed by atoms with Gasteiger partial charge >= 0.3 is 0 Å². The van der Waals surface area contributed by atoms with Gasteiger partial charge in [0.2, 0.25) is 0 Å². The quantitative estimate of drug-likeness (QED) is 0.662. The SMILES string of the molecule is COCCNCc1ccc(N(C)C(C)CCSC)c(Cl)c1. The number of benzene rings is 1. The maximum atomic E-state index is 6.44. The van der Waals surface area contributed by atoms with Crippen LogP contribution in [0.1, 0.15) is 18.9 Å². The molecule has 1 rings (SSSR count). The lowest BCUT2D eigenvalue weighted by molar-refractivity contribution is 0.199. The Morgan fingerprint density at radius 1 is 1.43 bits per heavy atom. The minimum Gasteiger partial charge on any atom is -0.383 e. The van der Waals surface area contributed by atoms with Crippen LogP contribution in [0, 0.1) is 0 Å². The van der Waals surface area contributed by atoms with Crippen LogP contribution in [0.5, 0.6) is 0 Å². The van der Waals surface area contributed by atoms with Crippen molar-refractivity contribution in [1.29, 1.82) is 0 Å². The van der Waals surface area contributed by atoms with Crippen LogP contribution in [-0.2, 0) is 11.3 Å². The summed E-state index contributed by atoms with van der Waals surface area (Å²) in [6.45, 7) is 4.63. The van der Waals surface area contributed by atoms with E-state index in [1.54, 1.807) is 7.11 Å². The highest BCUT2D eigenvalue weighted by Crippen LogP contribution is 2.28. The maximum Gasteiger partial charge on any atom is 0.0642 e. The van der Waals surface area contributed by atoms with Gasteiger partial charge in [-0.15, -0.1) is 0 Å². The Morgan fingerprint density at radius 3 is 2.81 bits per heavy atom. The molecule has 0 fully saturated rings. The zero-order valence-electron chi connectivity index (χ0n) is 13.5. The first-order chi connectivity index (χ1) is 10.1. The number of rotatable bonds is 10. The molecule has 120 valence electrons. The molecule has 0 saturated heterocycles. The van der Waals surface area contributed by atoms with Crippen LogP contribution < -0.4 is 10.2 Å². The fourth-order valence-electron chi connectivity index (χ4n) is 2.07. The normalized spacial score (nSPS) is 12.4. The minimum absolute atomic E-state index is 0.487. The number of methoxy groups -OCH3 is 1. The van der Waals surface area contributed by atoms with Gasteiger partial charge in [0, 0.05) is 33.3 Å². The second-order valence-corrected chi connectivity index (χ2v) is 6.59. The van der Waals surface area contributed by atoms with Gasteiger partial charge < -0.3 is 15.0 Å². The van der Waals surface area contributed by atoms with Gasteiger partial charge in [-0.05, 0) is 43.0 Å². The summed E-state index contributed by atoms with van der Waals surface area (Å²) in [5.41, 5.74) is 2.30. The summed E-state index contributed by atoms with van der Waals surface area (Å²) in [6.07, 6.45) is 3.30. The number of hydrogen-bond donors (Lipinski definition) is 1. The van der Waals surface area contributed by atoms with Gasteiger partial charge in [-0.25, -0.2) is 0 Å². The highest BCUT2D eigenvalue weighted by Gasteiger charge is 2.13. The third-order valence-electron chi connectivity index (χ3n) is 3.61. The lowest BCUT2D eigenvalue weighted by atomic mass is 10.1. The molecule has 0 aromatic heterocycles. The second-order valence-electron chi connectivity index (χ2n) is 5.20. The highest BCUT2D eigenvalue weighted by atomic mass is 35.5. The van der Waals surface area contributed by atoms with Crippen LogP contribution in [0.25, 0.3) is 0 Å². The van der Waals surface area contributed by atoms with Crippen molar-refractivity contribution in [3.05, 3.63) is 28.8 Å². The molecule has 1 N–H and O–H groups in total. The van der Waals surface area contributed by atoms with Crippen LogP contribution in [0.15, 0.2) is 18.2 Å². The van der Waals surface area contributed by atoms with Gasteiger partial charge in [0.05, 0.1) is 17.3 Å². The Labute approximate surface area is 138 Å². The molecule has 1 unspecified atom stereocenters. The smallest absolute Gasteiger partial charge is 0.0642 e. The fraction of sp³-hybridized carbons (Fsp3) is 0.625. The first-order valence-corrected chi connectivity index (χ1v) is 9.07. The van der Waals surface area contributed by atoms with E-state index < -0.39 is 0 Å². The molecule has 0 aliphatic heterocycles. The number of nitrogens with zero attached hydrogens (tertiary/aromatic N) is 1. The molecule has 0 heterocycles. The zero-order valence-corrected chi connectivity index (χ0v) is 15.1. The molecular formula is C16H27ClN2OS. The molecule has 3 nitrogen and oxygen atoms in total. The average Bonchev–Trinajstić information content (AvgIpc) is 2.48. The molecule has 0 spiro atoms. The number of hydrogen-bond acceptors (Lipinski definition) is 4. The van der Waals surface area contributed by atoms with Crippen molar-refractivity contribution in [2.24, 2.45) is 0 Å². The van der Waals surface area contributed by atoms with E-state index in [-0.39, 0.29) is 0 Å². The molecule has 0 bridgehead atoms. The van der Waals surface area contributed by atoms with E-state index in [4.69, 9.17) is 16.3 Å². The Kier molecular flexibility index (Phi) is 9.16. The maximum absolute atomic E-state index is 6.44. The molecule has 5 heteroatoms. The van der Waals surface area contributed by atoms with Gasteiger partial charge in [-0.3, -0.25) is 0 Å². The van der Waals surface area contributed by atoms with Crippen LogP contribution in [0.3, 0.4) is 0 Å². The van der Waals surface area contributed by atoms with Crippen LogP contribution in [0.4, 0.5) is 5.69 Å². The van der Waals surface area contributed by atoms with Gasteiger partial charge in [0.25, 0.3) is 0 Å². The van der Waals surface area contributed by atoms with Gasteiger partial charge in [0.15, 0.2) is 0 Å². The molecule has 0 saturated carbocycles. The summed E-state index contributed by atoms with van der Waals surface area (Å²) in [7, 11) is 3.82. The first kappa shape index (κ1) is 18.6. The Bertz CT molecular complexity index is 417. The Morgan fingerprint density at radius 2 is 2.19 bits per heavy atom. The van der Waals surface area contributed by atoms with Crippen molar-refractivity contribution in [2.45, 2.75) is 25.9 Å². The Balaban J connectivity index is 2.60. The third kappa shape index (κ3) is 6.47. The number of ether oxygens (including phenoxy) is 1. The van der Waals surface area contributed by atoms with Gasteiger partial charge in [0.1, 0.15) is 0 Å². The lowest BCUT2D eigenvalue weighted by Gasteiger charge is -2.28. The predicted molar refractivity (Wildman–Crippen MR) is 95.9 cm³/mol. The largest absolute Gasteiger partial charge is 0.383 e. The number of nitrogens with one attached hydrogen (secondary N) is 1. The van der Waals surface area contributed by atoms with E-state index in [1.165, 1.54) is 11.3 Å². The van der Waals surface area contributed by atoms with E-state index >= 15 is 0 Å². The topological polar surface area (TPSA) is 24.5 Å². The molecule has 0 radical (unpaired) electrons. The molecule has 0 aliphatic carbocycles. The monoisotopic (exact) mass is 330 g/mol. The van der Waals surface area contributed by atoms with Crippen molar-refractivity contribution in [1.82, 2.24) is 5.32 Å². The number of halogens is 1. The minimum atomic E-state index is 0.487. The van der Waals surface area contributed by atoms with Crippen molar-refractivity contribution >= 4 is 29.1 Å². The van der Waals surface area contributed by atoms with Crippen LogP contribution in [-0.4, -0.2) is 45.4 Å². The van der Waals surface area contributed by atoms with Gasteiger partial charge in [-0.1, -0.05) is 17.7 Å². The van der Waals surface area contributed by atoms with E-state index in [9.17, 15) is 0 Å². The van der Waals surface area contributed by atoms with Crippen molar-refractivity contribution in [2.75, 3.05) is 44.2 Å². The van der Waals surface area contributed by atoms with Crippen LogP contribution in [0.2, 0.25) is 5.02 Å². The molecule has 0 amide bonds. The van der Waals surface area contributed by atoms with E-state index in [0.717, 1.165) is 36.8 Å². The van der Waals surface area contributed by atoms with E-state index in [1.807, 2.05) is 11.8 Å². The van der Waals surface area contributed by atoms with E-state index in [2.05, 4.69) is 48.6 Å². The molecule has 21 heavy (non-hydrogen) atoms. The summed E-state index contributed by atoms with van der Waals surface area (Å²) in [5, 5.41) is 4.15. The van der Waals surface area contributed by atoms with E-state index in [0.29, 0.717) is 6.04 Å². The first-order valence-electron chi connectivity index (χ1n) is 7.30. The molecule has 1 aromatic carbocycles. The number of thioether (sulfide) groups is 1. The lowest BCUT2D eigenvalue weighted by Crippen LogP contribution is -2.29. The molecule has 1 atom stereocenters. The molecule has 0 aliphatic rings. The summed E-state index contributed by atoms with van der Waals surface area (Å²) < 4.78 is 5.02. The third-order valence-corrected chi connectivity index (χ3v) is 4.55. The summed E-state index contributed by atoms with van der Waals surface area (Å²) in [5.74, 6) is 1.17. The summed E-state index contributed by atoms with van der Waals surface area (Å²) in [4.78, 5) is 2.26. The molecule has 1 aromatic rings. The second kappa shape index (κ2) is 10.3. The van der Waals surface area contributed by atoms with Crippen LogP contribution >= 0.6 is 23.4 Å². The summed E-state index contributed by atoms with van der Waals surface area (Å²) >= 11 is 8.33. The Hall–Kier alpha value is -0.420. The van der Waals surface area contributed by atoms with Crippen molar-refractivity contribution < 1.29 is 4.74 Å². The van der Waals surface area contributed by atoms with Crippen molar-refractivity contribution in [3.63, 3.8) is 0 Å². The predicted octanol–water partition coefficient (Wildman–Crippen LogP) is 3.65. The number of anilines is 1.